The molecule has 2 aromatic heterocycles. The van der Waals surface area contributed by atoms with Gasteiger partial charge in [0.05, 0.1) is 25.6 Å². The van der Waals surface area contributed by atoms with Crippen LogP contribution in [0, 0.1) is 11.6 Å². The lowest BCUT2D eigenvalue weighted by atomic mass is 10.1. The normalized spacial score (nSPS) is 31.8. The average molecular weight is 525 g/mol. The molecule has 13 nitrogen and oxygen atoms in total. The van der Waals surface area contributed by atoms with E-state index in [0.29, 0.717) is 11.2 Å². The number of nitrogens with zero attached hydrogens (tertiary/aromatic N) is 4. The molecule has 190 valence electrons. The van der Waals surface area contributed by atoms with Crippen LogP contribution in [-0.2, 0) is 32.3 Å². The summed E-state index contributed by atoms with van der Waals surface area (Å²) >= 11 is 0. The van der Waals surface area contributed by atoms with E-state index in [1.165, 1.54) is 17.2 Å². The molecule has 1 unspecified atom stereocenters. The third-order valence-corrected chi connectivity index (χ3v) is 7.43. The molecule has 3 aliphatic heterocycles. The van der Waals surface area contributed by atoms with E-state index in [1.807, 2.05) is 0 Å². The van der Waals surface area contributed by atoms with E-state index in [9.17, 15) is 18.1 Å². The number of benzene rings is 1. The Labute approximate surface area is 201 Å². The maximum absolute atomic E-state index is 13.6. The zero-order chi connectivity index (χ0) is 25.0. The average Bonchev–Trinajstić information content (AvgIpc) is 3.51. The molecule has 3 aromatic rings. The zero-order valence-corrected chi connectivity index (χ0v) is 19.1. The van der Waals surface area contributed by atoms with Crippen molar-refractivity contribution in [3.63, 3.8) is 0 Å². The first-order chi connectivity index (χ1) is 17.3. The van der Waals surface area contributed by atoms with Gasteiger partial charge in [0.1, 0.15) is 29.6 Å². The molecule has 3 saturated heterocycles. The number of aromatic nitrogens is 4. The number of halogens is 2. The van der Waals surface area contributed by atoms with Gasteiger partial charge in [0.2, 0.25) is 0 Å². The molecule has 0 saturated carbocycles. The van der Waals surface area contributed by atoms with Gasteiger partial charge in [0, 0.05) is 12.5 Å². The summed E-state index contributed by atoms with van der Waals surface area (Å²) in [5.74, 6) is -1.44. The number of imidazole rings is 1. The Bertz CT molecular complexity index is 1370. The highest BCUT2D eigenvalue weighted by atomic mass is 31.2. The van der Waals surface area contributed by atoms with Gasteiger partial charge in [0.25, 0.3) is 0 Å². The first-order valence-corrected chi connectivity index (χ1v) is 12.2. The van der Waals surface area contributed by atoms with E-state index in [0.717, 1.165) is 18.2 Å². The van der Waals surface area contributed by atoms with Gasteiger partial charge in [-0.25, -0.2) is 33.1 Å². The smallest absolute Gasteiger partial charge is 0.424 e. The first-order valence-electron chi connectivity index (χ1n) is 10.8. The maximum atomic E-state index is 13.6. The fourth-order valence-electron chi connectivity index (χ4n) is 4.37. The van der Waals surface area contributed by atoms with E-state index in [4.69, 9.17) is 33.5 Å². The van der Waals surface area contributed by atoms with E-state index >= 15 is 0 Å². The predicted octanol–water partition coefficient (Wildman–Crippen LogP) is 2.79. The molecule has 0 bridgehead atoms. The number of hydrogen-bond donors (Lipinski definition) is 1. The number of carbonyl (C=O) groups excluding carboxylic acids is 1. The number of anilines is 1. The molecule has 6 atom stereocenters. The van der Waals surface area contributed by atoms with Gasteiger partial charge >= 0.3 is 14.0 Å². The molecule has 3 aliphatic rings. The molecule has 6 rings (SSSR count). The Kier molecular flexibility index (Phi) is 5.61. The molecule has 2 N–H and O–H groups in total. The highest BCUT2D eigenvalue weighted by Gasteiger charge is 2.56. The Hall–Kier alpha value is -3.23. The summed E-state index contributed by atoms with van der Waals surface area (Å²) in [6, 6.07) is 2.89. The van der Waals surface area contributed by atoms with Gasteiger partial charge in [-0.15, -0.1) is 0 Å². The first kappa shape index (κ1) is 23.2. The zero-order valence-electron chi connectivity index (χ0n) is 18.2. The number of carbonyl (C=O) groups is 1. The number of phosphoric ester groups is 1. The summed E-state index contributed by atoms with van der Waals surface area (Å²) in [6.07, 6.45) is -2.62. The number of ether oxygens (including phenoxy) is 3. The maximum Gasteiger partial charge on any atom is 0.509 e. The minimum absolute atomic E-state index is 0.0411. The monoisotopic (exact) mass is 525 g/mol. The molecule has 16 heteroatoms. The number of nitrogen functional groups attached to an aromatic ring is 1. The van der Waals surface area contributed by atoms with Crippen molar-refractivity contribution in [1.82, 2.24) is 19.5 Å². The fraction of sp³-hybridized carbons (Fsp3) is 0.400. The van der Waals surface area contributed by atoms with Crippen molar-refractivity contribution in [3.05, 3.63) is 48.1 Å². The minimum Gasteiger partial charge on any atom is -0.424 e. The van der Waals surface area contributed by atoms with Gasteiger partial charge in [-0.1, -0.05) is 0 Å². The molecule has 5 heterocycles. The van der Waals surface area contributed by atoms with Gasteiger partial charge in [-0.05, 0) is 17.7 Å². The van der Waals surface area contributed by atoms with Crippen LogP contribution in [0.4, 0.5) is 19.4 Å². The van der Waals surface area contributed by atoms with E-state index < -0.39 is 56.3 Å². The largest absolute Gasteiger partial charge is 0.509 e. The Morgan fingerprint density at radius 3 is 2.72 bits per heavy atom. The second-order valence-corrected chi connectivity index (χ2v) is 9.85. The van der Waals surface area contributed by atoms with Crippen LogP contribution in [0.3, 0.4) is 0 Å². The standard InChI is InChI=1S/C20H18F2N5O8P/c21-10-3-9(4-11(22)5-10)12-1-2-30-36(29,35-12)31-6-13-15-16(34-20(28)33-15)19(32-13)27-8-26-14-17(23)24-7-25-18(14)27/h3-5,7-8,12-13,15-16,19H,1-2,6H2,(H2,23,24,25)/t12-,13+,15+,16+,19+,36?/m0/s1. The second-order valence-electron chi connectivity index (χ2n) is 8.22. The molecule has 0 radical (unpaired) electrons. The van der Waals surface area contributed by atoms with Gasteiger partial charge in [0.15, 0.2) is 29.9 Å². The van der Waals surface area contributed by atoms with Gasteiger partial charge < -0.3 is 19.9 Å². The van der Waals surface area contributed by atoms with Crippen molar-refractivity contribution in [2.24, 2.45) is 0 Å². The van der Waals surface area contributed by atoms with Crippen LogP contribution in [0.25, 0.3) is 11.2 Å². The summed E-state index contributed by atoms with van der Waals surface area (Å²) < 4.78 is 74.6. The lowest BCUT2D eigenvalue weighted by Gasteiger charge is -2.29. The van der Waals surface area contributed by atoms with Crippen molar-refractivity contribution in [2.75, 3.05) is 18.9 Å². The summed E-state index contributed by atoms with van der Waals surface area (Å²) in [5.41, 5.74) is 6.67. The highest BCUT2D eigenvalue weighted by molar-refractivity contribution is 7.48. The van der Waals surface area contributed by atoms with E-state index in [-0.39, 0.29) is 31.0 Å². The molecular formula is C20H18F2N5O8P. The van der Waals surface area contributed by atoms with Crippen LogP contribution in [0.2, 0.25) is 0 Å². The Balaban J connectivity index is 1.19. The number of phosphoric acid groups is 1. The third-order valence-electron chi connectivity index (χ3n) is 5.95. The van der Waals surface area contributed by atoms with Crippen molar-refractivity contribution in [2.45, 2.75) is 37.1 Å². The highest BCUT2D eigenvalue weighted by Crippen LogP contribution is 2.57. The van der Waals surface area contributed by atoms with Crippen LogP contribution < -0.4 is 5.73 Å². The molecule has 0 spiro atoms. The number of rotatable bonds is 5. The molecule has 1 aromatic carbocycles. The van der Waals surface area contributed by atoms with E-state index in [1.54, 1.807) is 0 Å². The topological polar surface area (TPSA) is 159 Å². The van der Waals surface area contributed by atoms with Crippen molar-refractivity contribution in [3.8, 4) is 0 Å². The summed E-state index contributed by atoms with van der Waals surface area (Å²) in [4.78, 5) is 24.1. The summed E-state index contributed by atoms with van der Waals surface area (Å²) in [5, 5.41) is 0. The quantitative estimate of drug-likeness (QED) is 0.384. The SMILES string of the molecule is Nc1ncnc2c1ncn2[C@@H]1O[C@H](COP2(=O)OCC[C@@H](c3cc(F)cc(F)c3)O2)[C@H]2OC(=O)O[C@H]21. The van der Waals surface area contributed by atoms with Gasteiger partial charge in [-0.2, -0.15) is 0 Å². The third kappa shape index (κ3) is 4.08. The van der Waals surface area contributed by atoms with Crippen LogP contribution in [0.5, 0.6) is 0 Å². The molecule has 36 heavy (non-hydrogen) atoms. The molecular weight excluding hydrogens is 507 g/mol. The van der Waals surface area contributed by atoms with Crippen molar-refractivity contribution >= 4 is 31.0 Å². The number of fused-ring (bicyclic) bond motifs is 2. The molecule has 0 amide bonds. The van der Waals surface area contributed by atoms with Crippen LogP contribution >= 0.6 is 7.82 Å². The van der Waals surface area contributed by atoms with Crippen LogP contribution in [0.1, 0.15) is 24.3 Å². The molecule has 3 fully saturated rings. The Morgan fingerprint density at radius 2 is 1.92 bits per heavy atom. The minimum atomic E-state index is -4.16. The number of nitrogens with two attached hydrogens (primary N) is 1. The lowest BCUT2D eigenvalue weighted by molar-refractivity contribution is -0.0745. The van der Waals surface area contributed by atoms with Gasteiger partial charge in [-0.3, -0.25) is 18.1 Å². The molecule has 0 aliphatic carbocycles. The van der Waals surface area contributed by atoms with Crippen LogP contribution in [0.15, 0.2) is 30.9 Å². The van der Waals surface area contributed by atoms with E-state index in [2.05, 4.69) is 15.0 Å². The van der Waals surface area contributed by atoms with Crippen molar-refractivity contribution < 1.29 is 45.9 Å². The number of hydrogen-bond acceptors (Lipinski definition) is 12. The Morgan fingerprint density at radius 1 is 1.14 bits per heavy atom. The summed E-state index contributed by atoms with van der Waals surface area (Å²) in [7, 11) is -4.16. The predicted molar refractivity (Wildman–Crippen MR) is 113 cm³/mol. The second kappa shape index (κ2) is 8.71. The fourth-order valence-corrected chi connectivity index (χ4v) is 5.77. The summed E-state index contributed by atoms with van der Waals surface area (Å²) in [6.45, 7) is -0.417. The van der Waals surface area contributed by atoms with Crippen molar-refractivity contribution in [1.29, 1.82) is 0 Å². The van der Waals surface area contributed by atoms with Crippen LogP contribution in [-0.4, -0.2) is 57.2 Å². The lowest BCUT2D eigenvalue weighted by Crippen LogP contribution is -2.32.